The van der Waals surface area contributed by atoms with Gasteiger partial charge in [0.2, 0.25) is 0 Å². The number of azo groups is 1. The van der Waals surface area contributed by atoms with E-state index in [9.17, 15) is 9.59 Å². The van der Waals surface area contributed by atoms with Crippen molar-refractivity contribution >= 4 is 11.9 Å². The second kappa shape index (κ2) is 9.54. The summed E-state index contributed by atoms with van der Waals surface area (Å²) in [5.74, 6) is -0.311. The highest BCUT2D eigenvalue weighted by Gasteiger charge is 2.26. The Balaban J connectivity index is 5.07. The van der Waals surface area contributed by atoms with E-state index in [0.717, 1.165) is 0 Å². The normalized spacial score (nSPS) is 17.4. The lowest BCUT2D eigenvalue weighted by Gasteiger charge is -2.25. The highest BCUT2D eigenvalue weighted by atomic mass is 16.5. The highest BCUT2D eigenvalue weighted by molar-refractivity contribution is 5.66. The molecule has 0 saturated heterocycles. The van der Waals surface area contributed by atoms with Crippen molar-refractivity contribution < 1.29 is 19.1 Å². The molecule has 0 rings (SSSR count). The van der Waals surface area contributed by atoms with Crippen LogP contribution in [-0.2, 0) is 19.1 Å². The predicted octanol–water partition coefficient (Wildman–Crippen LogP) is 3.39. The molecule has 4 unspecified atom stereocenters. The Morgan fingerprint density at radius 2 is 0.955 bits per heavy atom. The first-order valence-electron chi connectivity index (χ1n) is 7.80. The third-order valence-corrected chi connectivity index (χ3v) is 3.37. The largest absolute Gasteiger partial charge is 0.460 e. The number of carbonyl (C=O) groups is 2. The summed E-state index contributed by atoms with van der Waals surface area (Å²) in [6.45, 7) is 14.4. The summed E-state index contributed by atoms with van der Waals surface area (Å²) in [5.41, 5.74) is 0. The molecule has 128 valence electrons. The summed E-state index contributed by atoms with van der Waals surface area (Å²) < 4.78 is 10.4. The molecule has 0 fully saturated rings. The van der Waals surface area contributed by atoms with Crippen molar-refractivity contribution in [3.63, 3.8) is 0 Å². The molecule has 0 aliphatic carbocycles. The van der Waals surface area contributed by atoms with Gasteiger partial charge in [-0.25, -0.2) is 0 Å². The summed E-state index contributed by atoms with van der Waals surface area (Å²) in [6.07, 6.45) is -0.698. The summed E-state index contributed by atoms with van der Waals surface area (Å²) in [4.78, 5) is 22.2. The van der Waals surface area contributed by atoms with Gasteiger partial charge in [-0.2, -0.15) is 10.2 Å². The molecule has 0 aromatic carbocycles. The first-order chi connectivity index (χ1) is 10.1. The number of carbonyl (C=O) groups excluding carboxylic acids is 2. The minimum absolute atomic E-state index is 0.176. The van der Waals surface area contributed by atoms with Gasteiger partial charge in [0.25, 0.3) is 0 Å². The molecule has 0 bridgehead atoms. The van der Waals surface area contributed by atoms with Gasteiger partial charge in [0.15, 0.2) is 0 Å². The smallest absolute Gasteiger partial charge is 0.302 e. The van der Waals surface area contributed by atoms with Gasteiger partial charge < -0.3 is 9.47 Å². The van der Waals surface area contributed by atoms with Gasteiger partial charge in [0, 0.05) is 13.8 Å². The molecule has 0 radical (unpaired) electrons. The number of rotatable bonds is 8. The monoisotopic (exact) mass is 314 g/mol. The zero-order chi connectivity index (χ0) is 17.4. The lowest BCUT2D eigenvalue weighted by molar-refractivity contribution is -0.148. The van der Waals surface area contributed by atoms with Gasteiger partial charge in [-0.3, -0.25) is 9.59 Å². The van der Waals surface area contributed by atoms with E-state index in [2.05, 4.69) is 10.2 Å². The summed E-state index contributed by atoms with van der Waals surface area (Å²) in [5, 5.41) is 8.77. The molecule has 0 saturated carbocycles. The molecular formula is C16H30N2O4. The SMILES string of the molecule is CC(=O)OC(C)C(N=NC(C(C)C)C(C)OC(C)=O)C(C)C. The third-order valence-electron chi connectivity index (χ3n) is 3.37. The van der Waals surface area contributed by atoms with Crippen molar-refractivity contribution in [1.82, 2.24) is 0 Å². The van der Waals surface area contributed by atoms with E-state index in [1.54, 1.807) is 0 Å². The molecule has 0 aliphatic heterocycles. The van der Waals surface area contributed by atoms with E-state index >= 15 is 0 Å². The van der Waals surface area contributed by atoms with Crippen LogP contribution in [0.2, 0.25) is 0 Å². The van der Waals surface area contributed by atoms with Crippen LogP contribution in [0, 0.1) is 11.8 Å². The van der Waals surface area contributed by atoms with Crippen LogP contribution in [0.1, 0.15) is 55.4 Å². The fraction of sp³-hybridized carbons (Fsp3) is 0.875. The van der Waals surface area contributed by atoms with Gasteiger partial charge in [-0.15, -0.1) is 0 Å². The third kappa shape index (κ3) is 7.52. The van der Waals surface area contributed by atoms with Crippen LogP contribution in [-0.4, -0.2) is 36.2 Å². The van der Waals surface area contributed by atoms with Gasteiger partial charge in [-0.1, -0.05) is 27.7 Å². The second-order valence-electron chi connectivity index (χ2n) is 6.33. The van der Waals surface area contributed by atoms with E-state index in [-0.39, 0.29) is 48.1 Å². The van der Waals surface area contributed by atoms with Crippen LogP contribution >= 0.6 is 0 Å². The zero-order valence-electron chi connectivity index (χ0n) is 15.0. The van der Waals surface area contributed by atoms with Crippen LogP contribution in [0.5, 0.6) is 0 Å². The maximum atomic E-state index is 11.1. The molecule has 6 nitrogen and oxygen atoms in total. The van der Waals surface area contributed by atoms with Crippen molar-refractivity contribution in [2.75, 3.05) is 0 Å². The molecule has 0 aromatic heterocycles. The van der Waals surface area contributed by atoms with Crippen LogP contribution in [0.4, 0.5) is 0 Å². The van der Waals surface area contributed by atoms with E-state index < -0.39 is 0 Å². The van der Waals surface area contributed by atoms with Crippen molar-refractivity contribution in [1.29, 1.82) is 0 Å². The molecule has 22 heavy (non-hydrogen) atoms. The zero-order valence-corrected chi connectivity index (χ0v) is 15.0. The fourth-order valence-electron chi connectivity index (χ4n) is 2.36. The standard InChI is InChI=1S/C16H30N2O4/c1-9(2)15(11(5)21-13(7)19)17-18-16(10(3)4)12(6)22-14(8)20/h9-12,15-16H,1-8H3. The maximum Gasteiger partial charge on any atom is 0.302 e. The first kappa shape index (κ1) is 20.5. The Bertz CT molecular complexity index is 358. The first-order valence-corrected chi connectivity index (χ1v) is 7.80. The number of nitrogens with zero attached hydrogens (tertiary/aromatic N) is 2. The van der Waals surface area contributed by atoms with Gasteiger partial charge >= 0.3 is 11.9 Å². The van der Waals surface area contributed by atoms with E-state index in [1.807, 2.05) is 41.5 Å². The predicted molar refractivity (Wildman–Crippen MR) is 84.6 cm³/mol. The second-order valence-corrected chi connectivity index (χ2v) is 6.33. The Kier molecular flexibility index (Phi) is 8.90. The average molecular weight is 314 g/mol. The van der Waals surface area contributed by atoms with Gasteiger partial charge in [0.1, 0.15) is 24.3 Å². The molecule has 0 heterocycles. The van der Waals surface area contributed by atoms with Crippen LogP contribution in [0.3, 0.4) is 0 Å². The molecule has 0 amide bonds. The van der Waals surface area contributed by atoms with E-state index in [4.69, 9.17) is 9.47 Å². The molecule has 0 spiro atoms. The van der Waals surface area contributed by atoms with Crippen molar-refractivity contribution in [2.45, 2.75) is 79.7 Å². The number of hydrogen-bond acceptors (Lipinski definition) is 6. The lowest BCUT2D eigenvalue weighted by atomic mass is 9.99. The van der Waals surface area contributed by atoms with Gasteiger partial charge in [0.05, 0.1) is 0 Å². The topological polar surface area (TPSA) is 77.3 Å². The lowest BCUT2D eigenvalue weighted by Crippen LogP contribution is -2.33. The number of hydrogen-bond donors (Lipinski definition) is 0. The minimum atomic E-state index is -0.349. The Morgan fingerprint density at radius 3 is 1.14 bits per heavy atom. The molecular weight excluding hydrogens is 284 g/mol. The Hall–Kier alpha value is -1.46. The van der Waals surface area contributed by atoms with Crippen LogP contribution < -0.4 is 0 Å². The van der Waals surface area contributed by atoms with Crippen molar-refractivity contribution in [3.05, 3.63) is 0 Å². The van der Waals surface area contributed by atoms with E-state index in [1.165, 1.54) is 13.8 Å². The van der Waals surface area contributed by atoms with Crippen LogP contribution in [0.15, 0.2) is 10.2 Å². The highest BCUT2D eigenvalue weighted by Crippen LogP contribution is 2.19. The minimum Gasteiger partial charge on any atom is -0.460 e. The number of esters is 2. The summed E-state index contributed by atoms with van der Waals surface area (Å²) in [6, 6.07) is -0.454. The van der Waals surface area contributed by atoms with E-state index in [0.29, 0.717) is 0 Å². The molecule has 6 heteroatoms. The number of ether oxygens (including phenoxy) is 2. The Morgan fingerprint density at radius 1 is 0.682 bits per heavy atom. The summed E-state index contributed by atoms with van der Waals surface area (Å²) in [7, 11) is 0. The maximum absolute atomic E-state index is 11.1. The van der Waals surface area contributed by atoms with Gasteiger partial charge in [-0.05, 0) is 25.7 Å². The van der Waals surface area contributed by atoms with Crippen LogP contribution in [0.25, 0.3) is 0 Å². The average Bonchev–Trinajstić information content (AvgIpc) is 2.31. The summed E-state index contributed by atoms with van der Waals surface area (Å²) >= 11 is 0. The van der Waals surface area contributed by atoms with Crippen molar-refractivity contribution in [2.24, 2.45) is 22.1 Å². The molecule has 0 aromatic rings. The Labute approximate surface area is 133 Å². The fourth-order valence-corrected chi connectivity index (χ4v) is 2.36. The molecule has 4 atom stereocenters. The molecule has 0 N–H and O–H groups in total. The van der Waals surface area contributed by atoms with Crippen molar-refractivity contribution in [3.8, 4) is 0 Å². The quantitative estimate of drug-likeness (QED) is 0.508. The molecule has 0 aliphatic rings.